The molecule has 1 unspecified atom stereocenters. The second kappa shape index (κ2) is 5.87. The molecule has 0 bridgehead atoms. The first-order valence-corrected chi connectivity index (χ1v) is 7.08. The molecule has 4 nitrogen and oxygen atoms in total. The van der Waals surface area contributed by atoms with Gasteiger partial charge in [-0.05, 0) is 43.2 Å². The minimum atomic E-state index is 0.307. The third-order valence-corrected chi connectivity index (χ3v) is 3.57. The van der Waals surface area contributed by atoms with E-state index in [1.54, 1.807) is 7.11 Å². The molecule has 0 aliphatic carbocycles. The van der Waals surface area contributed by atoms with Crippen molar-refractivity contribution >= 4 is 16.6 Å². The number of hydrogen-bond donors (Lipinski definition) is 2. The number of aromatic amines is 1. The molecule has 0 spiro atoms. The van der Waals surface area contributed by atoms with Gasteiger partial charge in [-0.2, -0.15) is 5.10 Å². The van der Waals surface area contributed by atoms with Gasteiger partial charge in [0.25, 0.3) is 0 Å². The summed E-state index contributed by atoms with van der Waals surface area (Å²) in [4.78, 5) is 0. The quantitative estimate of drug-likeness (QED) is 0.751. The fourth-order valence-electron chi connectivity index (χ4n) is 2.56. The Bertz CT molecular complexity index is 735. The van der Waals surface area contributed by atoms with Crippen molar-refractivity contribution in [2.24, 2.45) is 0 Å². The minimum absolute atomic E-state index is 0.307. The van der Waals surface area contributed by atoms with Gasteiger partial charge in [-0.15, -0.1) is 0 Å². The molecule has 2 N–H and O–H groups in total. The van der Waals surface area contributed by atoms with Crippen LogP contribution < -0.4 is 10.1 Å². The van der Waals surface area contributed by atoms with Gasteiger partial charge in [0.15, 0.2) is 0 Å². The topological polar surface area (TPSA) is 49.9 Å². The van der Waals surface area contributed by atoms with Gasteiger partial charge in [-0.3, -0.25) is 5.10 Å². The van der Waals surface area contributed by atoms with E-state index in [0.717, 1.165) is 28.8 Å². The van der Waals surface area contributed by atoms with Crippen molar-refractivity contribution < 1.29 is 4.74 Å². The number of aromatic nitrogens is 2. The van der Waals surface area contributed by atoms with Gasteiger partial charge in [0.1, 0.15) is 5.75 Å². The largest absolute Gasteiger partial charge is 0.496 e. The van der Waals surface area contributed by atoms with E-state index in [4.69, 9.17) is 4.74 Å². The van der Waals surface area contributed by atoms with Crippen LogP contribution in [-0.2, 0) is 6.42 Å². The highest BCUT2D eigenvalue weighted by atomic mass is 16.5. The van der Waals surface area contributed by atoms with E-state index in [0.29, 0.717) is 6.04 Å². The van der Waals surface area contributed by atoms with Crippen molar-refractivity contribution in [2.75, 3.05) is 12.4 Å². The molecule has 108 valence electrons. The summed E-state index contributed by atoms with van der Waals surface area (Å²) in [5.41, 5.74) is 3.35. The Morgan fingerprint density at radius 3 is 2.95 bits per heavy atom. The number of para-hydroxylation sites is 1. The van der Waals surface area contributed by atoms with Crippen LogP contribution in [0.3, 0.4) is 0 Å². The van der Waals surface area contributed by atoms with Crippen LogP contribution in [0.4, 0.5) is 5.69 Å². The SMILES string of the molecule is COc1ccccc1CC(C)Nc1ccc2cn[nH]c2c1. The van der Waals surface area contributed by atoms with E-state index >= 15 is 0 Å². The van der Waals surface area contributed by atoms with E-state index in [9.17, 15) is 0 Å². The van der Waals surface area contributed by atoms with E-state index in [1.165, 1.54) is 5.56 Å². The highest BCUT2D eigenvalue weighted by Gasteiger charge is 2.08. The summed E-state index contributed by atoms with van der Waals surface area (Å²) < 4.78 is 5.40. The number of benzene rings is 2. The number of anilines is 1. The predicted molar refractivity (Wildman–Crippen MR) is 85.9 cm³/mol. The van der Waals surface area contributed by atoms with Gasteiger partial charge < -0.3 is 10.1 Å². The summed E-state index contributed by atoms with van der Waals surface area (Å²) in [6, 6.07) is 14.7. The van der Waals surface area contributed by atoms with Crippen LogP contribution in [0.5, 0.6) is 5.75 Å². The molecule has 0 radical (unpaired) electrons. The van der Waals surface area contributed by atoms with Crippen LogP contribution in [0.15, 0.2) is 48.7 Å². The van der Waals surface area contributed by atoms with E-state index in [-0.39, 0.29) is 0 Å². The summed E-state index contributed by atoms with van der Waals surface area (Å²) >= 11 is 0. The van der Waals surface area contributed by atoms with Gasteiger partial charge in [0.2, 0.25) is 0 Å². The van der Waals surface area contributed by atoms with Crippen molar-refractivity contribution in [3.8, 4) is 5.75 Å². The maximum atomic E-state index is 5.40. The van der Waals surface area contributed by atoms with Crippen LogP contribution in [0.1, 0.15) is 12.5 Å². The molecular weight excluding hydrogens is 262 g/mol. The molecule has 0 aliphatic heterocycles. The fourth-order valence-corrected chi connectivity index (χ4v) is 2.56. The molecule has 4 heteroatoms. The Kier molecular flexibility index (Phi) is 3.77. The molecule has 0 amide bonds. The number of rotatable bonds is 5. The Morgan fingerprint density at radius 2 is 2.10 bits per heavy atom. The molecule has 0 saturated carbocycles. The lowest BCUT2D eigenvalue weighted by atomic mass is 10.1. The zero-order valence-corrected chi connectivity index (χ0v) is 12.3. The summed E-state index contributed by atoms with van der Waals surface area (Å²) in [7, 11) is 1.71. The number of ether oxygens (including phenoxy) is 1. The molecule has 3 aromatic rings. The predicted octanol–water partition coefficient (Wildman–Crippen LogP) is 3.61. The number of nitrogens with zero attached hydrogens (tertiary/aromatic N) is 1. The molecule has 0 saturated heterocycles. The first-order chi connectivity index (χ1) is 10.3. The minimum Gasteiger partial charge on any atom is -0.496 e. The third-order valence-electron chi connectivity index (χ3n) is 3.57. The maximum absolute atomic E-state index is 5.40. The lowest BCUT2D eigenvalue weighted by Gasteiger charge is -2.17. The maximum Gasteiger partial charge on any atom is 0.122 e. The Balaban J connectivity index is 1.72. The van der Waals surface area contributed by atoms with Gasteiger partial charge in [-0.25, -0.2) is 0 Å². The highest BCUT2D eigenvalue weighted by molar-refractivity contribution is 5.81. The van der Waals surface area contributed by atoms with Crippen molar-refractivity contribution in [3.05, 3.63) is 54.2 Å². The smallest absolute Gasteiger partial charge is 0.122 e. The monoisotopic (exact) mass is 281 g/mol. The van der Waals surface area contributed by atoms with E-state index in [2.05, 4.69) is 46.7 Å². The third kappa shape index (κ3) is 2.99. The zero-order chi connectivity index (χ0) is 14.7. The molecule has 1 aromatic heterocycles. The second-order valence-corrected chi connectivity index (χ2v) is 5.23. The van der Waals surface area contributed by atoms with Crippen LogP contribution in [0.25, 0.3) is 10.9 Å². The molecule has 0 aliphatic rings. The van der Waals surface area contributed by atoms with Crippen molar-refractivity contribution in [2.45, 2.75) is 19.4 Å². The Labute approximate surface area is 124 Å². The molecule has 1 atom stereocenters. The lowest BCUT2D eigenvalue weighted by Crippen LogP contribution is -2.18. The molecular formula is C17H19N3O. The Hall–Kier alpha value is -2.49. The summed E-state index contributed by atoms with van der Waals surface area (Å²) in [5, 5.41) is 11.7. The number of nitrogens with one attached hydrogen (secondary N) is 2. The van der Waals surface area contributed by atoms with Crippen LogP contribution in [0.2, 0.25) is 0 Å². The molecule has 2 aromatic carbocycles. The molecule has 21 heavy (non-hydrogen) atoms. The average molecular weight is 281 g/mol. The summed E-state index contributed by atoms with van der Waals surface area (Å²) in [6.45, 7) is 2.17. The van der Waals surface area contributed by atoms with Gasteiger partial charge >= 0.3 is 0 Å². The van der Waals surface area contributed by atoms with Crippen LogP contribution in [0, 0.1) is 0 Å². The van der Waals surface area contributed by atoms with E-state index < -0.39 is 0 Å². The fraction of sp³-hybridized carbons (Fsp3) is 0.235. The van der Waals surface area contributed by atoms with Crippen molar-refractivity contribution in [3.63, 3.8) is 0 Å². The Morgan fingerprint density at radius 1 is 1.24 bits per heavy atom. The highest BCUT2D eigenvalue weighted by Crippen LogP contribution is 2.21. The second-order valence-electron chi connectivity index (χ2n) is 5.23. The molecule has 0 fully saturated rings. The van der Waals surface area contributed by atoms with Gasteiger partial charge in [0.05, 0.1) is 18.8 Å². The first-order valence-electron chi connectivity index (χ1n) is 7.08. The number of fused-ring (bicyclic) bond motifs is 1. The van der Waals surface area contributed by atoms with Crippen molar-refractivity contribution in [1.29, 1.82) is 0 Å². The molecule has 1 heterocycles. The standard InChI is InChI=1S/C17H19N3O/c1-12(9-13-5-3-4-6-17(13)21-2)19-15-8-7-14-11-18-20-16(14)10-15/h3-8,10-12,19H,9H2,1-2H3,(H,18,20). The van der Waals surface area contributed by atoms with Crippen LogP contribution in [-0.4, -0.2) is 23.3 Å². The average Bonchev–Trinajstić information content (AvgIpc) is 2.95. The van der Waals surface area contributed by atoms with Gasteiger partial charge in [-0.1, -0.05) is 18.2 Å². The first kappa shape index (κ1) is 13.5. The number of H-pyrrole nitrogens is 1. The zero-order valence-electron chi connectivity index (χ0n) is 12.3. The van der Waals surface area contributed by atoms with Crippen molar-refractivity contribution in [1.82, 2.24) is 10.2 Å². The lowest BCUT2D eigenvalue weighted by molar-refractivity contribution is 0.409. The number of hydrogen-bond acceptors (Lipinski definition) is 3. The summed E-state index contributed by atoms with van der Waals surface area (Å²) in [6.07, 6.45) is 2.74. The van der Waals surface area contributed by atoms with E-state index in [1.807, 2.05) is 24.4 Å². The van der Waals surface area contributed by atoms with Gasteiger partial charge in [0, 0.05) is 17.1 Å². The number of methoxy groups -OCH3 is 1. The van der Waals surface area contributed by atoms with Crippen LogP contribution >= 0.6 is 0 Å². The summed E-state index contributed by atoms with van der Waals surface area (Å²) in [5.74, 6) is 0.940. The normalized spacial score (nSPS) is 12.3. The molecule has 3 rings (SSSR count).